The highest BCUT2D eigenvalue weighted by Crippen LogP contribution is 2.45. The lowest BCUT2D eigenvalue weighted by molar-refractivity contribution is -0.161. The fourth-order valence-corrected chi connectivity index (χ4v) is 11.9. The van der Waals surface area contributed by atoms with Gasteiger partial charge in [0.25, 0.3) is 0 Å². The number of hydrogen-bond acceptors (Lipinski definition) is 15. The van der Waals surface area contributed by atoms with Crippen LogP contribution in [0, 0.1) is 0 Å². The van der Waals surface area contributed by atoms with Crippen LogP contribution in [0.2, 0.25) is 0 Å². The fraction of sp³-hybridized carbons (Fsp3) is 0.941. The van der Waals surface area contributed by atoms with Crippen molar-refractivity contribution < 1.29 is 80.2 Å². The summed E-state index contributed by atoms with van der Waals surface area (Å²) in [6, 6.07) is 0. The van der Waals surface area contributed by atoms with Gasteiger partial charge in [0.1, 0.15) is 19.3 Å². The summed E-state index contributed by atoms with van der Waals surface area (Å²) in [5.41, 5.74) is 0. The maximum atomic E-state index is 13.0. The number of carbonyl (C=O) groups is 4. The molecule has 0 aliphatic carbocycles. The molecule has 0 aromatic carbocycles. The molecule has 0 spiro atoms. The molecule has 3 unspecified atom stereocenters. The Morgan fingerprint density at radius 3 is 0.678 bits per heavy atom. The number of hydrogen-bond donors (Lipinski definition) is 3. The lowest BCUT2D eigenvalue weighted by Gasteiger charge is -2.21. The molecule has 0 aliphatic rings. The van der Waals surface area contributed by atoms with Gasteiger partial charge in [-0.3, -0.25) is 37.3 Å². The van der Waals surface area contributed by atoms with Crippen LogP contribution in [0.3, 0.4) is 0 Å². The Balaban J connectivity index is 5.24. The third-order valence-electron chi connectivity index (χ3n) is 15.9. The molecule has 0 heterocycles. The minimum atomic E-state index is -4.95. The molecular weight excluding hydrogens is 1150 g/mol. The van der Waals surface area contributed by atoms with Gasteiger partial charge in [-0.05, 0) is 25.7 Å². The van der Waals surface area contributed by atoms with Gasteiger partial charge in [-0.25, -0.2) is 9.13 Å². The van der Waals surface area contributed by atoms with Crippen molar-refractivity contribution in [1.82, 2.24) is 0 Å². The fourth-order valence-electron chi connectivity index (χ4n) is 10.3. The van der Waals surface area contributed by atoms with Gasteiger partial charge in [0.15, 0.2) is 12.2 Å². The zero-order valence-corrected chi connectivity index (χ0v) is 57.8. The Bertz CT molecular complexity index is 1670. The van der Waals surface area contributed by atoms with E-state index in [0.29, 0.717) is 25.7 Å². The number of carbonyl (C=O) groups excluding carboxylic acids is 4. The molecule has 0 radical (unpaired) electrons. The number of phosphoric acid groups is 2. The molecule has 0 bridgehead atoms. The van der Waals surface area contributed by atoms with Gasteiger partial charge in [0.05, 0.1) is 26.4 Å². The monoisotopic (exact) mass is 1280 g/mol. The van der Waals surface area contributed by atoms with Gasteiger partial charge in [-0.2, -0.15) is 0 Å². The third kappa shape index (κ3) is 62.6. The van der Waals surface area contributed by atoms with E-state index in [2.05, 4.69) is 27.7 Å². The van der Waals surface area contributed by atoms with Gasteiger partial charge in [0.2, 0.25) is 0 Å². The van der Waals surface area contributed by atoms with Crippen LogP contribution in [-0.2, 0) is 65.4 Å². The smallest absolute Gasteiger partial charge is 0.462 e. The topological polar surface area (TPSA) is 237 Å². The van der Waals surface area contributed by atoms with Gasteiger partial charge in [-0.15, -0.1) is 0 Å². The van der Waals surface area contributed by atoms with E-state index in [9.17, 15) is 43.2 Å². The van der Waals surface area contributed by atoms with Gasteiger partial charge >= 0.3 is 39.5 Å². The number of ether oxygens (including phenoxy) is 4. The van der Waals surface area contributed by atoms with Crippen LogP contribution in [0.4, 0.5) is 0 Å². The van der Waals surface area contributed by atoms with E-state index in [4.69, 9.17) is 37.0 Å². The van der Waals surface area contributed by atoms with Crippen LogP contribution in [0.1, 0.15) is 355 Å². The molecule has 0 fully saturated rings. The minimum absolute atomic E-state index is 0.108. The highest BCUT2D eigenvalue weighted by molar-refractivity contribution is 7.47. The molecule has 0 aromatic rings. The molecule has 3 N–H and O–H groups in total. The molecular formula is C68H132O17P2. The van der Waals surface area contributed by atoms with E-state index in [-0.39, 0.29) is 25.7 Å². The van der Waals surface area contributed by atoms with Crippen molar-refractivity contribution in [3.63, 3.8) is 0 Å². The van der Waals surface area contributed by atoms with Crippen molar-refractivity contribution in [3.8, 4) is 0 Å². The highest BCUT2D eigenvalue weighted by Gasteiger charge is 2.30. The summed E-state index contributed by atoms with van der Waals surface area (Å²) in [7, 11) is -9.89. The summed E-state index contributed by atoms with van der Waals surface area (Å²) < 4.78 is 68.2. The summed E-state index contributed by atoms with van der Waals surface area (Å²) in [6.07, 6.45) is 49.7. The SMILES string of the molecule is CCCCCCCCCCCCCCCC(=O)O[C@H](COC(=O)CCCCCCCCCCCCCC)COP(=O)(O)OCC(O)COP(=O)(O)OC[C@@H](COC(=O)CCCCCCCCCCCCC)OC(=O)CCCCCCCCCCCCC. The Hall–Kier alpha value is -1.94. The van der Waals surface area contributed by atoms with E-state index < -0.39 is 97.5 Å². The second-order valence-electron chi connectivity index (χ2n) is 24.6. The number of aliphatic hydroxyl groups is 1. The van der Waals surface area contributed by atoms with Crippen LogP contribution in [0.5, 0.6) is 0 Å². The summed E-state index contributed by atoms with van der Waals surface area (Å²) in [4.78, 5) is 72.4. The van der Waals surface area contributed by atoms with Crippen molar-refractivity contribution in [2.45, 2.75) is 373 Å². The zero-order valence-electron chi connectivity index (χ0n) is 56.0. The molecule has 17 nitrogen and oxygen atoms in total. The van der Waals surface area contributed by atoms with E-state index in [1.165, 1.54) is 186 Å². The summed E-state index contributed by atoms with van der Waals surface area (Å²) in [5.74, 6) is -2.12. The van der Waals surface area contributed by atoms with Crippen molar-refractivity contribution >= 4 is 39.5 Å². The highest BCUT2D eigenvalue weighted by atomic mass is 31.2. The van der Waals surface area contributed by atoms with Gasteiger partial charge in [0, 0.05) is 25.7 Å². The molecule has 0 rings (SSSR count). The first kappa shape index (κ1) is 85.1. The summed E-state index contributed by atoms with van der Waals surface area (Å²) in [6.45, 7) is 4.93. The second kappa shape index (κ2) is 62.8. The Kier molecular flexibility index (Phi) is 61.4. The lowest BCUT2D eigenvalue weighted by atomic mass is 10.0. The van der Waals surface area contributed by atoms with Gasteiger partial charge in [-0.1, -0.05) is 304 Å². The molecule has 0 aliphatic heterocycles. The van der Waals surface area contributed by atoms with Crippen molar-refractivity contribution in [3.05, 3.63) is 0 Å². The van der Waals surface area contributed by atoms with Crippen LogP contribution < -0.4 is 0 Å². The first-order valence-electron chi connectivity index (χ1n) is 35.8. The van der Waals surface area contributed by atoms with E-state index in [1.54, 1.807) is 0 Å². The number of unbranched alkanes of at least 4 members (excludes halogenated alkanes) is 43. The summed E-state index contributed by atoms with van der Waals surface area (Å²) in [5, 5.41) is 10.6. The normalized spacial score (nSPS) is 14.1. The Morgan fingerprint density at radius 1 is 0.276 bits per heavy atom. The maximum absolute atomic E-state index is 13.0. The quantitative estimate of drug-likeness (QED) is 0.0222. The Labute approximate surface area is 530 Å². The molecule has 5 atom stereocenters. The number of rotatable bonds is 69. The molecule has 0 saturated heterocycles. The third-order valence-corrected chi connectivity index (χ3v) is 17.8. The van der Waals surface area contributed by atoms with Crippen molar-refractivity contribution in [2.75, 3.05) is 39.6 Å². The predicted octanol–water partition coefficient (Wildman–Crippen LogP) is 19.5. The molecule has 0 aromatic heterocycles. The zero-order chi connectivity index (χ0) is 64.0. The largest absolute Gasteiger partial charge is 0.472 e. The Morgan fingerprint density at radius 2 is 0.460 bits per heavy atom. The van der Waals surface area contributed by atoms with Crippen LogP contribution in [-0.4, -0.2) is 96.7 Å². The number of phosphoric ester groups is 2. The average Bonchev–Trinajstić information content (AvgIpc) is 3.50. The van der Waals surface area contributed by atoms with Crippen molar-refractivity contribution in [2.24, 2.45) is 0 Å². The van der Waals surface area contributed by atoms with Crippen LogP contribution >= 0.6 is 15.6 Å². The first-order chi connectivity index (χ1) is 42.2. The second-order valence-corrected chi connectivity index (χ2v) is 27.5. The first-order valence-corrected chi connectivity index (χ1v) is 38.8. The predicted molar refractivity (Wildman–Crippen MR) is 349 cm³/mol. The van der Waals surface area contributed by atoms with Crippen LogP contribution in [0.15, 0.2) is 0 Å². The maximum Gasteiger partial charge on any atom is 0.472 e. The average molecular weight is 1280 g/mol. The summed E-state index contributed by atoms with van der Waals surface area (Å²) >= 11 is 0. The minimum Gasteiger partial charge on any atom is -0.462 e. The molecule has 0 saturated carbocycles. The van der Waals surface area contributed by atoms with E-state index in [1.807, 2.05) is 0 Å². The standard InChI is InChI=1S/C68H132O17P2/c1-5-9-13-17-21-25-29-31-35-39-43-47-51-55-68(73)85-64(59-79-66(71)53-49-45-41-37-34-30-26-22-18-14-10-6-2)61-83-87(76,77)81-57-62(69)56-80-86(74,75)82-60-63(84-67(72)54-50-46-42-38-33-28-24-20-16-12-8-4)58-78-65(70)52-48-44-40-36-32-27-23-19-15-11-7-3/h62-64,69H,5-61H2,1-4H3,(H,74,75)(H,76,77)/t62?,63-,64-/m1/s1. The van der Waals surface area contributed by atoms with E-state index >= 15 is 0 Å². The molecule has 87 heavy (non-hydrogen) atoms. The lowest BCUT2D eigenvalue weighted by Crippen LogP contribution is -2.30. The van der Waals surface area contributed by atoms with Crippen LogP contribution in [0.25, 0.3) is 0 Å². The molecule has 19 heteroatoms. The van der Waals surface area contributed by atoms with E-state index in [0.717, 1.165) is 89.9 Å². The number of esters is 4. The molecule has 516 valence electrons. The number of aliphatic hydroxyl groups excluding tert-OH is 1. The van der Waals surface area contributed by atoms with Crippen molar-refractivity contribution in [1.29, 1.82) is 0 Å². The molecule has 0 amide bonds. The van der Waals surface area contributed by atoms with Gasteiger partial charge < -0.3 is 33.8 Å².